The third-order valence-corrected chi connectivity index (χ3v) is 5.97. The zero-order valence-electron chi connectivity index (χ0n) is 19.6. The molecule has 2 unspecified atom stereocenters. The van der Waals surface area contributed by atoms with E-state index in [4.69, 9.17) is 15.0 Å². The van der Waals surface area contributed by atoms with E-state index in [9.17, 15) is 27.9 Å². The first-order valence-corrected chi connectivity index (χ1v) is 11.2. The Morgan fingerprint density at radius 2 is 2.03 bits per heavy atom. The molecule has 198 valence electrons. The van der Waals surface area contributed by atoms with E-state index in [0.717, 1.165) is 23.9 Å². The van der Waals surface area contributed by atoms with Gasteiger partial charge >= 0.3 is 6.18 Å². The van der Waals surface area contributed by atoms with Crippen LogP contribution < -0.4 is 16.0 Å². The lowest BCUT2D eigenvalue weighted by Gasteiger charge is -2.37. The number of alkyl halides is 3. The van der Waals surface area contributed by atoms with Crippen molar-refractivity contribution in [3.05, 3.63) is 54.5 Å². The molecule has 38 heavy (non-hydrogen) atoms. The number of fused-ring (bicyclic) bond motifs is 1. The van der Waals surface area contributed by atoms with Crippen molar-refractivity contribution in [1.29, 1.82) is 0 Å². The zero-order chi connectivity index (χ0) is 27.2. The molecule has 0 bridgehead atoms. The Morgan fingerprint density at radius 1 is 1.24 bits per heavy atom. The van der Waals surface area contributed by atoms with E-state index >= 15 is 0 Å². The van der Waals surface area contributed by atoms with Crippen LogP contribution in [0, 0.1) is 0 Å². The summed E-state index contributed by atoms with van der Waals surface area (Å²) in [5.74, 6) is -1.41. The first kappa shape index (κ1) is 25.2. The van der Waals surface area contributed by atoms with Gasteiger partial charge in [0.25, 0.3) is 11.8 Å². The number of benzene rings is 1. The Labute approximate surface area is 211 Å². The minimum atomic E-state index is -4.64. The second-order valence-electron chi connectivity index (χ2n) is 8.64. The number of rotatable bonds is 5. The number of hydrogen-bond acceptors (Lipinski definition) is 9. The van der Waals surface area contributed by atoms with Crippen LogP contribution in [0.4, 0.5) is 30.5 Å². The Balaban J connectivity index is 1.34. The summed E-state index contributed by atoms with van der Waals surface area (Å²) in [5, 5.41) is 21.9. The molecule has 1 aliphatic rings. The second-order valence-corrected chi connectivity index (χ2v) is 8.64. The minimum absolute atomic E-state index is 0.0382. The van der Waals surface area contributed by atoms with Crippen molar-refractivity contribution in [3.8, 4) is 5.69 Å². The maximum absolute atomic E-state index is 13.3. The third-order valence-electron chi connectivity index (χ3n) is 5.97. The molecule has 1 saturated heterocycles. The van der Waals surface area contributed by atoms with Crippen molar-refractivity contribution in [2.75, 3.05) is 29.1 Å². The summed E-state index contributed by atoms with van der Waals surface area (Å²) < 4.78 is 50.8. The number of nitrogens with two attached hydrogens (primary N) is 1. The molecule has 2 atom stereocenters. The number of aromatic nitrogens is 4. The molecule has 3 aromatic heterocycles. The van der Waals surface area contributed by atoms with Gasteiger partial charge in [0.15, 0.2) is 28.9 Å². The number of halogens is 3. The summed E-state index contributed by atoms with van der Waals surface area (Å²) in [7, 11) is 0. The molecule has 0 aliphatic carbocycles. The molecule has 1 aromatic carbocycles. The number of amides is 2. The number of hydrogen-bond donors (Lipinski definition) is 3. The zero-order valence-corrected chi connectivity index (χ0v) is 19.6. The number of pyridine rings is 1. The van der Waals surface area contributed by atoms with Crippen LogP contribution in [0.5, 0.6) is 0 Å². The molecule has 0 saturated carbocycles. The highest BCUT2D eigenvalue weighted by Crippen LogP contribution is 2.30. The highest BCUT2D eigenvalue weighted by Gasteiger charge is 2.49. The highest BCUT2D eigenvalue weighted by atomic mass is 19.4. The SMILES string of the molecule is CC(O)(C(=O)Nc1ccc2c(N)noc2c1)C1OCCN(c2ccn(-c3ccnc(C(F)(F)F)c3)n2)C1=O. The fourth-order valence-electron chi connectivity index (χ4n) is 3.95. The summed E-state index contributed by atoms with van der Waals surface area (Å²) >= 11 is 0. The van der Waals surface area contributed by atoms with E-state index in [1.807, 2.05) is 0 Å². The van der Waals surface area contributed by atoms with Crippen molar-refractivity contribution >= 4 is 40.1 Å². The van der Waals surface area contributed by atoms with Gasteiger partial charge in [-0.2, -0.15) is 13.2 Å². The van der Waals surface area contributed by atoms with Crippen LogP contribution >= 0.6 is 0 Å². The van der Waals surface area contributed by atoms with E-state index in [-0.39, 0.29) is 36.2 Å². The predicted octanol–water partition coefficient (Wildman–Crippen LogP) is 2.13. The van der Waals surface area contributed by atoms with Gasteiger partial charge in [0.1, 0.15) is 5.69 Å². The summed E-state index contributed by atoms with van der Waals surface area (Å²) in [6.07, 6.45) is -3.86. The quantitative estimate of drug-likeness (QED) is 0.350. The predicted molar refractivity (Wildman–Crippen MR) is 126 cm³/mol. The van der Waals surface area contributed by atoms with Crippen molar-refractivity contribution in [2.24, 2.45) is 0 Å². The molecule has 1 aliphatic heterocycles. The van der Waals surface area contributed by atoms with Gasteiger partial charge in [-0.3, -0.25) is 19.5 Å². The van der Waals surface area contributed by atoms with E-state index in [1.54, 1.807) is 6.07 Å². The lowest BCUT2D eigenvalue weighted by Crippen LogP contribution is -2.61. The van der Waals surface area contributed by atoms with Gasteiger partial charge in [-0.05, 0) is 31.2 Å². The lowest BCUT2D eigenvalue weighted by molar-refractivity contribution is -0.165. The highest BCUT2D eigenvalue weighted by molar-refractivity contribution is 6.06. The van der Waals surface area contributed by atoms with E-state index in [2.05, 4.69) is 20.6 Å². The van der Waals surface area contributed by atoms with Gasteiger partial charge in [0.2, 0.25) is 0 Å². The number of nitrogen functional groups attached to an aromatic ring is 1. The van der Waals surface area contributed by atoms with Crippen molar-refractivity contribution in [2.45, 2.75) is 24.8 Å². The largest absolute Gasteiger partial charge is 0.433 e. The van der Waals surface area contributed by atoms with E-state index in [1.165, 1.54) is 35.4 Å². The monoisotopic (exact) mass is 531 g/mol. The number of ether oxygens (including phenoxy) is 1. The van der Waals surface area contributed by atoms with E-state index in [0.29, 0.717) is 11.0 Å². The average molecular weight is 531 g/mol. The van der Waals surface area contributed by atoms with Crippen LogP contribution in [0.25, 0.3) is 16.7 Å². The van der Waals surface area contributed by atoms with Gasteiger partial charge in [-0.25, -0.2) is 4.68 Å². The smallest absolute Gasteiger partial charge is 0.380 e. The van der Waals surface area contributed by atoms with Crippen molar-refractivity contribution in [3.63, 3.8) is 0 Å². The number of nitrogens with one attached hydrogen (secondary N) is 1. The minimum Gasteiger partial charge on any atom is -0.380 e. The van der Waals surface area contributed by atoms with Crippen LogP contribution in [-0.4, -0.2) is 61.7 Å². The molecular weight excluding hydrogens is 511 g/mol. The molecule has 1 fully saturated rings. The maximum Gasteiger partial charge on any atom is 0.433 e. The van der Waals surface area contributed by atoms with Gasteiger partial charge in [0.05, 0.1) is 24.2 Å². The molecule has 0 radical (unpaired) electrons. The molecule has 5 rings (SSSR count). The molecular formula is C23H20F3N7O5. The summed E-state index contributed by atoms with van der Waals surface area (Å²) in [4.78, 5) is 30.7. The third kappa shape index (κ3) is 4.52. The number of morpholine rings is 1. The average Bonchev–Trinajstić information content (AvgIpc) is 3.51. The molecule has 0 spiro atoms. The lowest BCUT2D eigenvalue weighted by atomic mass is 9.95. The first-order valence-electron chi connectivity index (χ1n) is 11.2. The van der Waals surface area contributed by atoms with Crippen molar-refractivity contribution in [1.82, 2.24) is 19.9 Å². The fourth-order valence-corrected chi connectivity index (χ4v) is 3.95. The number of carbonyl (C=O) groups excluding carboxylic acids is 2. The number of nitrogens with zero attached hydrogens (tertiary/aromatic N) is 5. The number of anilines is 3. The molecule has 12 nitrogen and oxygen atoms in total. The van der Waals surface area contributed by atoms with Gasteiger partial charge < -0.3 is 25.4 Å². The van der Waals surface area contributed by atoms with Crippen molar-refractivity contribution < 1.29 is 37.1 Å². The van der Waals surface area contributed by atoms with Crippen LogP contribution in [0.15, 0.2) is 53.3 Å². The van der Waals surface area contributed by atoms with Gasteiger partial charge in [0, 0.05) is 30.2 Å². The van der Waals surface area contributed by atoms with Crippen LogP contribution in [-0.2, 0) is 20.5 Å². The van der Waals surface area contributed by atoms with Crippen LogP contribution in [0.1, 0.15) is 12.6 Å². The first-order chi connectivity index (χ1) is 17.9. The normalized spacial score (nSPS) is 18.0. The van der Waals surface area contributed by atoms with E-state index < -0.39 is 35.4 Å². The standard InChI is InChI=1S/C23H20F3N7O5/c1-22(36,21(35)29-12-2-3-14-15(10-12)38-31-19(14)27)18-20(34)32(8-9-37-18)17-5-7-33(30-17)13-4-6-28-16(11-13)23(24,25)26/h2-7,10-11,18,36H,8-9H2,1H3,(H2,27,31)(H,29,35). The maximum atomic E-state index is 13.3. The Bertz CT molecular complexity index is 1530. The summed E-state index contributed by atoms with van der Waals surface area (Å²) in [6, 6.07) is 8.12. The summed E-state index contributed by atoms with van der Waals surface area (Å²) in [6.45, 7) is 1.13. The second kappa shape index (κ2) is 9.11. The Morgan fingerprint density at radius 3 is 2.79 bits per heavy atom. The number of carbonyl (C=O) groups is 2. The molecule has 15 heteroatoms. The van der Waals surface area contributed by atoms with Gasteiger partial charge in [-0.1, -0.05) is 5.16 Å². The van der Waals surface area contributed by atoms with Gasteiger partial charge in [-0.15, -0.1) is 5.10 Å². The van der Waals surface area contributed by atoms with Crippen LogP contribution in [0.2, 0.25) is 0 Å². The summed E-state index contributed by atoms with van der Waals surface area (Å²) in [5.41, 5.74) is 2.93. The Kier molecular flexibility index (Phi) is 6.03. The molecule has 4 aromatic rings. The number of aliphatic hydroxyl groups is 1. The molecule has 2 amide bonds. The Hall–Kier alpha value is -4.50. The fraction of sp³-hybridized carbons (Fsp3) is 0.261. The van der Waals surface area contributed by atoms with Crippen LogP contribution in [0.3, 0.4) is 0 Å². The molecule has 4 heterocycles. The topological polar surface area (TPSA) is 162 Å². The molecule has 4 N–H and O–H groups in total.